The van der Waals surface area contributed by atoms with Gasteiger partial charge in [0.05, 0.1) is 0 Å². The second-order valence-electron chi connectivity index (χ2n) is 7.76. The Morgan fingerprint density at radius 2 is 1.93 bits per heavy atom. The van der Waals surface area contributed by atoms with Crippen LogP contribution in [0.1, 0.15) is 23.6 Å². The molecular weight excluding hydrogens is 366 g/mol. The first-order valence-electron chi connectivity index (χ1n) is 10.3. The third kappa shape index (κ3) is 5.08. The molecule has 0 unspecified atom stereocenters. The van der Waals surface area contributed by atoms with Crippen molar-refractivity contribution in [3.8, 4) is 11.5 Å². The molecule has 1 N–H and O–H groups in total. The molecule has 29 heavy (non-hydrogen) atoms. The molecule has 1 saturated heterocycles. The quantitative estimate of drug-likeness (QED) is 0.781. The van der Waals surface area contributed by atoms with Crippen LogP contribution in [0.15, 0.2) is 48.5 Å². The highest BCUT2D eigenvalue weighted by atomic mass is 16.7. The van der Waals surface area contributed by atoms with E-state index in [9.17, 15) is 4.79 Å². The monoisotopic (exact) mass is 395 g/mol. The molecule has 0 spiro atoms. The molecule has 1 atom stereocenters. The van der Waals surface area contributed by atoms with Crippen LogP contribution in [0.4, 0.5) is 0 Å². The summed E-state index contributed by atoms with van der Waals surface area (Å²) < 4.78 is 10.7. The molecule has 0 aliphatic carbocycles. The van der Waals surface area contributed by atoms with Crippen LogP contribution in [0.2, 0.25) is 0 Å². The number of carbonyl (C=O) groups is 1. The van der Waals surface area contributed by atoms with Crippen LogP contribution in [-0.4, -0.2) is 62.3 Å². The molecular formula is C23H29N3O3. The molecule has 2 aromatic carbocycles. The van der Waals surface area contributed by atoms with E-state index in [2.05, 4.69) is 52.5 Å². The van der Waals surface area contributed by atoms with Crippen LogP contribution in [0.5, 0.6) is 11.5 Å². The zero-order valence-electron chi connectivity index (χ0n) is 17.0. The predicted octanol–water partition coefficient (Wildman–Crippen LogP) is 2.45. The average Bonchev–Trinajstić information content (AvgIpc) is 3.22. The van der Waals surface area contributed by atoms with E-state index in [1.165, 1.54) is 5.56 Å². The summed E-state index contributed by atoms with van der Waals surface area (Å²) in [5.41, 5.74) is 2.43. The highest BCUT2D eigenvalue weighted by Gasteiger charge is 2.26. The Morgan fingerprint density at radius 1 is 1.10 bits per heavy atom. The number of likely N-dealkylation sites (N-methyl/N-ethyl adjacent to an activating group) is 1. The fourth-order valence-electron chi connectivity index (χ4n) is 4.00. The summed E-state index contributed by atoms with van der Waals surface area (Å²) in [6.45, 7) is 4.90. The van der Waals surface area contributed by atoms with Gasteiger partial charge in [-0.2, -0.15) is 0 Å². The molecule has 0 radical (unpaired) electrons. The number of nitrogens with one attached hydrogen (secondary N) is 1. The van der Waals surface area contributed by atoms with E-state index in [0.29, 0.717) is 25.4 Å². The van der Waals surface area contributed by atoms with Gasteiger partial charge in [-0.1, -0.05) is 36.4 Å². The van der Waals surface area contributed by atoms with E-state index in [-0.39, 0.29) is 12.7 Å². The molecule has 154 valence electrons. The smallest absolute Gasteiger partial charge is 0.231 e. The number of hydrogen-bond acceptors (Lipinski definition) is 5. The minimum absolute atomic E-state index is 0.0908. The maximum atomic E-state index is 12.3. The van der Waals surface area contributed by atoms with Gasteiger partial charge in [0.15, 0.2) is 11.5 Å². The summed E-state index contributed by atoms with van der Waals surface area (Å²) in [5.74, 6) is 1.64. The molecule has 4 rings (SSSR count). The highest BCUT2D eigenvalue weighted by Crippen LogP contribution is 2.32. The minimum atomic E-state index is 0.0908. The van der Waals surface area contributed by atoms with E-state index in [0.717, 1.165) is 43.2 Å². The van der Waals surface area contributed by atoms with E-state index in [4.69, 9.17) is 9.47 Å². The lowest BCUT2D eigenvalue weighted by Gasteiger charge is -2.40. The van der Waals surface area contributed by atoms with Gasteiger partial charge >= 0.3 is 0 Å². The van der Waals surface area contributed by atoms with Crippen LogP contribution in [0, 0.1) is 0 Å². The SMILES string of the molecule is CN1CCN(CCNC(=O)CCc2ccc3c(c2)OCO3)[C@@H](c2ccccc2)C1. The van der Waals surface area contributed by atoms with Gasteiger partial charge in [0.25, 0.3) is 0 Å². The first-order valence-corrected chi connectivity index (χ1v) is 10.3. The van der Waals surface area contributed by atoms with Gasteiger partial charge in [-0.15, -0.1) is 0 Å². The molecule has 6 heteroatoms. The molecule has 6 nitrogen and oxygen atoms in total. The average molecular weight is 396 g/mol. The molecule has 2 aliphatic rings. The third-order valence-corrected chi connectivity index (χ3v) is 5.68. The van der Waals surface area contributed by atoms with Crippen molar-refractivity contribution in [3.05, 3.63) is 59.7 Å². The number of carbonyl (C=O) groups excluding carboxylic acids is 1. The fourth-order valence-corrected chi connectivity index (χ4v) is 4.00. The lowest BCUT2D eigenvalue weighted by molar-refractivity contribution is -0.121. The molecule has 2 aromatic rings. The Morgan fingerprint density at radius 3 is 2.79 bits per heavy atom. The summed E-state index contributed by atoms with van der Waals surface area (Å²) in [6, 6.07) is 16.9. The molecule has 1 amide bonds. The van der Waals surface area contributed by atoms with E-state index in [1.807, 2.05) is 18.2 Å². The lowest BCUT2D eigenvalue weighted by Crippen LogP contribution is -2.49. The standard InChI is InChI=1S/C23H29N3O3/c1-25-13-14-26(20(16-25)19-5-3-2-4-6-19)12-11-24-23(27)10-8-18-7-9-21-22(15-18)29-17-28-21/h2-7,9,15,20H,8,10-14,16-17H2,1H3,(H,24,27)/t20-/m1/s1. The van der Waals surface area contributed by atoms with Crippen molar-refractivity contribution in [3.63, 3.8) is 0 Å². The largest absolute Gasteiger partial charge is 0.454 e. The highest BCUT2D eigenvalue weighted by molar-refractivity contribution is 5.76. The number of fused-ring (bicyclic) bond motifs is 1. The van der Waals surface area contributed by atoms with Crippen molar-refractivity contribution < 1.29 is 14.3 Å². The van der Waals surface area contributed by atoms with Gasteiger partial charge in [0, 0.05) is 45.2 Å². The maximum Gasteiger partial charge on any atom is 0.231 e. The zero-order valence-corrected chi connectivity index (χ0v) is 17.0. The van der Waals surface area contributed by atoms with Gasteiger partial charge in [-0.3, -0.25) is 9.69 Å². The zero-order chi connectivity index (χ0) is 20.1. The van der Waals surface area contributed by atoms with Crippen molar-refractivity contribution in [2.24, 2.45) is 0 Å². The Bertz CT molecular complexity index is 827. The van der Waals surface area contributed by atoms with Crippen LogP contribution in [-0.2, 0) is 11.2 Å². The third-order valence-electron chi connectivity index (χ3n) is 5.68. The number of nitrogens with zero attached hydrogens (tertiary/aromatic N) is 2. The van der Waals surface area contributed by atoms with Crippen molar-refractivity contribution in [2.45, 2.75) is 18.9 Å². The van der Waals surface area contributed by atoms with Gasteiger partial charge in [-0.25, -0.2) is 0 Å². The van der Waals surface area contributed by atoms with E-state index < -0.39 is 0 Å². The topological polar surface area (TPSA) is 54.0 Å². The van der Waals surface area contributed by atoms with Crippen LogP contribution >= 0.6 is 0 Å². The molecule has 0 aromatic heterocycles. The fraction of sp³-hybridized carbons (Fsp3) is 0.435. The predicted molar refractivity (Wildman–Crippen MR) is 112 cm³/mol. The van der Waals surface area contributed by atoms with Gasteiger partial charge < -0.3 is 19.7 Å². The van der Waals surface area contributed by atoms with Crippen LogP contribution < -0.4 is 14.8 Å². The van der Waals surface area contributed by atoms with Gasteiger partial charge in [0.1, 0.15) is 0 Å². The molecule has 2 heterocycles. The molecule has 0 bridgehead atoms. The summed E-state index contributed by atoms with van der Waals surface area (Å²) in [5, 5.41) is 3.09. The number of amides is 1. The normalized spacial score (nSPS) is 19.3. The first kappa shape index (κ1) is 19.7. The summed E-state index contributed by atoms with van der Waals surface area (Å²) in [7, 11) is 2.17. The summed E-state index contributed by atoms with van der Waals surface area (Å²) in [4.78, 5) is 17.2. The van der Waals surface area contributed by atoms with Gasteiger partial charge in [0.2, 0.25) is 12.7 Å². The second-order valence-corrected chi connectivity index (χ2v) is 7.76. The summed E-state index contributed by atoms with van der Waals surface area (Å²) in [6.07, 6.45) is 1.17. The van der Waals surface area contributed by atoms with Crippen LogP contribution in [0.3, 0.4) is 0 Å². The lowest BCUT2D eigenvalue weighted by atomic mass is 10.0. The Labute approximate surface area is 172 Å². The number of benzene rings is 2. The van der Waals surface area contributed by atoms with Gasteiger partial charge in [-0.05, 0) is 36.7 Å². The summed E-state index contributed by atoms with van der Waals surface area (Å²) >= 11 is 0. The Balaban J connectivity index is 1.24. The number of rotatable bonds is 7. The van der Waals surface area contributed by atoms with E-state index >= 15 is 0 Å². The first-order chi connectivity index (χ1) is 14.2. The number of ether oxygens (including phenoxy) is 2. The van der Waals surface area contributed by atoms with Crippen molar-refractivity contribution >= 4 is 5.91 Å². The van der Waals surface area contributed by atoms with Crippen molar-refractivity contribution in [1.29, 1.82) is 0 Å². The van der Waals surface area contributed by atoms with Crippen molar-refractivity contribution in [2.75, 3.05) is 46.6 Å². The van der Waals surface area contributed by atoms with E-state index in [1.54, 1.807) is 0 Å². The minimum Gasteiger partial charge on any atom is -0.454 e. The van der Waals surface area contributed by atoms with Crippen molar-refractivity contribution in [1.82, 2.24) is 15.1 Å². The number of hydrogen-bond donors (Lipinski definition) is 1. The molecule has 0 saturated carbocycles. The number of aryl methyl sites for hydroxylation is 1. The maximum absolute atomic E-state index is 12.3. The molecule has 1 fully saturated rings. The number of piperazine rings is 1. The Kier molecular flexibility index (Phi) is 6.32. The molecule has 2 aliphatic heterocycles. The van der Waals surface area contributed by atoms with Crippen LogP contribution in [0.25, 0.3) is 0 Å². The Hall–Kier alpha value is -2.57. The second kappa shape index (κ2) is 9.29.